The molecule has 0 saturated carbocycles. The van der Waals surface area contributed by atoms with Gasteiger partial charge in [0.15, 0.2) is 39.7 Å². The Morgan fingerprint density at radius 3 is 2.58 bits per heavy atom. The van der Waals surface area contributed by atoms with Crippen molar-refractivity contribution in [1.82, 2.24) is 29.3 Å². The highest BCUT2D eigenvalue weighted by atomic mass is 79.9. The van der Waals surface area contributed by atoms with Gasteiger partial charge in [-0.1, -0.05) is 11.8 Å². The van der Waals surface area contributed by atoms with Gasteiger partial charge in [0.2, 0.25) is 6.79 Å². The number of nitrogen functional groups attached to an aromatic ring is 1. The molecular weight excluding hydrogens is 638 g/mol. The summed E-state index contributed by atoms with van der Waals surface area (Å²) < 4.78 is 19.6. The first-order valence-corrected chi connectivity index (χ1v) is 16.3. The fraction of sp³-hybridized carbons (Fsp3) is 0.552. The van der Waals surface area contributed by atoms with Crippen LogP contribution in [0.1, 0.15) is 39.0 Å². The van der Waals surface area contributed by atoms with Gasteiger partial charge in [0.25, 0.3) is 5.91 Å². The number of anilines is 1. The van der Waals surface area contributed by atoms with Crippen molar-refractivity contribution in [3.63, 3.8) is 0 Å². The Labute approximate surface area is 262 Å². The standard InChI is InChI=1S/C29H36BrN7O5S/c1-17(42-28(39)19-6-8-35(2)9-7-19)27(38)36-10-3-18(4-11-36)5-12-37-26-24(25(31)32-15-33-26)34-29(37)43-23-14-22-21(13-20(23)30)40-16-41-22/h13-15,17-19H,3-12,16H2,1-2H3,(H2,31,32,33)/t17-/m0/s1. The molecule has 1 aromatic carbocycles. The lowest BCUT2D eigenvalue weighted by molar-refractivity contribution is -0.164. The second kappa shape index (κ2) is 12.9. The van der Waals surface area contributed by atoms with Crippen LogP contribution in [-0.4, -0.2) is 87.3 Å². The summed E-state index contributed by atoms with van der Waals surface area (Å²) in [7, 11) is 2.05. The summed E-state index contributed by atoms with van der Waals surface area (Å²) in [5.74, 6) is 1.68. The predicted molar refractivity (Wildman–Crippen MR) is 164 cm³/mol. The third-order valence-electron chi connectivity index (χ3n) is 8.53. The van der Waals surface area contributed by atoms with Crippen LogP contribution < -0.4 is 15.2 Å². The van der Waals surface area contributed by atoms with E-state index in [1.807, 2.05) is 17.0 Å². The minimum Gasteiger partial charge on any atom is -0.454 e. The van der Waals surface area contributed by atoms with E-state index in [0.717, 1.165) is 59.7 Å². The maximum atomic E-state index is 13.1. The third-order valence-corrected chi connectivity index (χ3v) is 10.5. The van der Waals surface area contributed by atoms with E-state index in [4.69, 9.17) is 24.9 Å². The Morgan fingerprint density at radius 2 is 1.84 bits per heavy atom. The van der Waals surface area contributed by atoms with E-state index in [2.05, 4.69) is 42.4 Å². The average Bonchev–Trinajstić information content (AvgIpc) is 3.60. The second-order valence-electron chi connectivity index (χ2n) is 11.4. The van der Waals surface area contributed by atoms with Crippen molar-refractivity contribution in [1.29, 1.82) is 0 Å². The summed E-state index contributed by atoms with van der Waals surface area (Å²) in [6, 6.07) is 3.84. The van der Waals surface area contributed by atoms with Crippen molar-refractivity contribution in [3.8, 4) is 11.5 Å². The predicted octanol–water partition coefficient (Wildman–Crippen LogP) is 3.95. The zero-order valence-electron chi connectivity index (χ0n) is 24.3. The first-order valence-electron chi connectivity index (χ1n) is 14.7. The Morgan fingerprint density at radius 1 is 1.12 bits per heavy atom. The van der Waals surface area contributed by atoms with Gasteiger partial charge in [-0.15, -0.1) is 0 Å². The molecule has 14 heteroatoms. The molecule has 1 atom stereocenters. The van der Waals surface area contributed by atoms with E-state index in [1.54, 1.807) is 6.92 Å². The van der Waals surface area contributed by atoms with Crippen molar-refractivity contribution >= 4 is 56.6 Å². The number of halogens is 1. The molecule has 5 heterocycles. The second-order valence-corrected chi connectivity index (χ2v) is 13.3. The molecule has 3 aliphatic heterocycles. The van der Waals surface area contributed by atoms with Crippen LogP contribution in [0.5, 0.6) is 11.5 Å². The molecule has 6 rings (SSSR count). The van der Waals surface area contributed by atoms with Gasteiger partial charge >= 0.3 is 5.97 Å². The molecule has 12 nitrogen and oxygen atoms in total. The number of aryl methyl sites for hydroxylation is 1. The number of ether oxygens (including phenoxy) is 3. The number of nitrogens with two attached hydrogens (primary N) is 1. The molecule has 0 bridgehead atoms. The number of imidazole rings is 1. The van der Waals surface area contributed by atoms with E-state index in [1.165, 1.54) is 18.1 Å². The fourth-order valence-electron chi connectivity index (χ4n) is 5.86. The normalized spacial score (nSPS) is 18.7. The summed E-state index contributed by atoms with van der Waals surface area (Å²) in [6.45, 7) is 5.63. The van der Waals surface area contributed by atoms with Crippen LogP contribution in [0.25, 0.3) is 11.2 Å². The van der Waals surface area contributed by atoms with Gasteiger partial charge in [-0.3, -0.25) is 9.59 Å². The number of benzene rings is 1. The van der Waals surface area contributed by atoms with Crippen LogP contribution >= 0.6 is 27.7 Å². The van der Waals surface area contributed by atoms with Crippen LogP contribution in [0.2, 0.25) is 0 Å². The number of rotatable bonds is 8. The van der Waals surface area contributed by atoms with E-state index >= 15 is 0 Å². The van der Waals surface area contributed by atoms with Crippen molar-refractivity contribution in [2.24, 2.45) is 11.8 Å². The van der Waals surface area contributed by atoms with Crippen molar-refractivity contribution in [2.75, 3.05) is 45.8 Å². The van der Waals surface area contributed by atoms with Crippen LogP contribution in [0.4, 0.5) is 5.82 Å². The highest BCUT2D eigenvalue weighted by molar-refractivity contribution is 9.10. The zero-order valence-corrected chi connectivity index (χ0v) is 26.7. The lowest BCUT2D eigenvalue weighted by Crippen LogP contribution is -2.45. The maximum Gasteiger partial charge on any atom is 0.309 e. The number of aromatic nitrogens is 4. The van der Waals surface area contributed by atoms with E-state index in [9.17, 15) is 9.59 Å². The van der Waals surface area contributed by atoms with Crippen LogP contribution in [0, 0.1) is 11.8 Å². The topological polar surface area (TPSA) is 138 Å². The molecule has 2 N–H and O–H groups in total. The maximum absolute atomic E-state index is 13.1. The molecule has 230 valence electrons. The van der Waals surface area contributed by atoms with Crippen molar-refractivity contribution in [2.45, 2.75) is 61.7 Å². The van der Waals surface area contributed by atoms with Crippen LogP contribution in [-0.2, 0) is 20.9 Å². The van der Waals surface area contributed by atoms with Crippen molar-refractivity contribution < 1.29 is 23.8 Å². The number of nitrogens with zero attached hydrogens (tertiary/aromatic N) is 6. The third kappa shape index (κ3) is 6.55. The van der Waals surface area contributed by atoms with Crippen LogP contribution in [0.3, 0.4) is 0 Å². The number of hydrogen-bond donors (Lipinski definition) is 1. The molecular formula is C29H36BrN7O5S. The van der Waals surface area contributed by atoms with Gasteiger partial charge in [-0.25, -0.2) is 15.0 Å². The van der Waals surface area contributed by atoms with Gasteiger partial charge in [0.05, 0.1) is 5.92 Å². The molecule has 3 aromatic rings. The highest BCUT2D eigenvalue weighted by Crippen LogP contribution is 2.43. The Kier molecular flexibility index (Phi) is 8.96. The molecule has 0 unspecified atom stereocenters. The number of likely N-dealkylation sites (tertiary alicyclic amines) is 2. The quantitative estimate of drug-likeness (QED) is 0.348. The molecule has 1 amide bonds. The summed E-state index contributed by atoms with van der Waals surface area (Å²) in [5.41, 5.74) is 7.44. The number of hydrogen-bond acceptors (Lipinski definition) is 11. The average molecular weight is 675 g/mol. The summed E-state index contributed by atoms with van der Waals surface area (Å²) >= 11 is 5.15. The minimum absolute atomic E-state index is 0.111. The number of piperidine rings is 2. The summed E-state index contributed by atoms with van der Waals surface area (Å²) in [5, 5.41) is 0.759. The number of amides is 1. The van der Waals surface area contributed by atoms with E-state index < -0.39 is 6.10 Å². The molecule has 0 aliphatic carbocycles. The molecule has 0 radical (unpaired) electrons. The Balaban J connectivity index is 1.07. The lowest BCUT2D eigenvalue weighted by atomic mass is 9.93. The Bertz CT molecular complexity index is 1500. The summed E-state index contributed by atoms with van der Waals surface area (Å²) in [6.07, 6.45) is 4.91. The first kappa shape index (κ1) is 29.9. The van der Waals surface area contributed by atoms with Gasteiger partial charge in [-0.05, 0) is 93.1 Å². The van der Waals surface area contributed by atoms with Gasteiger partial charge < -0.3 is 34.3 Å². The first-order chi connectivity index (χ1) is 20.8. The monoisotopic (exact) mass is 673 g/mol. The minimum atomic E-state index is -0.763. The summed E-state index contributed by atoms with van der Waals surface area (Å²) in [4.78, 5) is 44.1. The largest absolute Gasteiger partial charge is 0.454 e. The van der Waals surface area contributed by atoms with E-state index in [-0.39, 0.29) is 24.6 Å². The lowest BCUT2D eigenvalue weighted by Gasteiger charge is -2.34. The highest BCUT2D eigenvalue weighted by Gasteiger charge is 2.31. The molecule has 43 heavy (non-hydrogen) atoms. The van der Waals surface area contributed by atoms with Crippen LogP contribution in [0.15, 0.2) is 33.0 Å². The fourth-order valence-corrected chi connectivity index (χ4v) is 7.37. The number of carbonyl (C=O) groups is 2. The number of esters is 1. The van der Waals surface area contributed by atoms with E-state index in [0.29, 0.717) is 54.0 Å². The number of carbonyl (C=O) groups excluding carboxylic acids is 2. The Hall–Kier alpha value is -3.10. The zero-order chi connectivity index (χ0) is 30.1. The van der Waals surface area contributed by atoms with Gasteiger partial charge in [0, 0.05) is 29.0 Å². The molecule has 3 aliphatic rings. The molecule has 0 spiro atoms. The van der Waals surface area contributed by atoms with Gasteiger partial charge in [0.1, 0.15) is 6.33 Å². The number of fused-ring (bicyclic) bond motifs is 2. The SMILES string of the molecule is C[C@H](OC(=O)C1CCN(C)CC1)C(=O)N1CCC(CCn2c(Sc3cc4c(cc3Br)OCO4)nc3c(N)ncnc32)CC1. The smallest absolute Gasteiger partial charge is 0.309 e. The van der Waals surface area contributed by atoms with Crippen molar-refractivity contribution in [3.05, 3.63) is 22.9 Å². The molecule has 2 aromatic heterocycles. The molecule has 2 fully saturated rings. The molecule has 2 saturated heterocycles. The van der Waals surface area contributed by atoms with Gasteiger partial charge in [-0.2, -0.15) is 0 Å².